The molecular weight excluding hydrogens is 200 g/mol. The molecule has 1 aliphatic carbocycles. The average molecular weight is 211 g/mol. The summed E-state index contributed by atoms with van der Waals surface area (Å²) in [5, 5.41) is 0. The minimum absolute atomic E-state index is 0.235. The van der Waals surface area contributed by atoms with Crippen LogP contribution in [-0.4, -0.2) is 4.98 Å². The molecule has 2 unspecified atom stereocenters. The van der Waals surface area contributed by atoms with Gasteiger partial charge < -0.3 is 4.74 Å². The summed E-state index contributed by atoms with van der Waals surface area (Å²) >= 11 is 0. The Bertz CT molecular complexity index is 594. The highest BCUT2D eigenvalue weighted by atomic mass is 16.6. The van der Waals surface area contributed by atoms with E-state index in [1.54, 1.807) is 0 Å². The van der Waals surface area contributed by atoms with Crippen LogP contribution in [0.2, 0.25) is 0 Å². The molecule has 0 radical (unpaired) electrons. The molecule has 2 aliphatic rings. The molecule has 3 heteroatoms. The Hall–Kier alpha value is -1.74. The first-order chi connectivity index (χ1) is 7.86. The van der Waals surface area contributed by atoms with Gasteiger partial charge in [0.1, 0.15) is 24.9 Å². The SMILES string of the molecule is C[n+]1cccc2c1-c1ncccc1C1OC21. The fraction of sp³-hybridized carbons (Fsp3) is 0.231. The lowest BCUT2D eigenvalue weighted by Gasteiger charge is -2.11. The zero-order valence-electron chi connectivity index (χ0n) is 8.92. The number of nitrogens with zero attached hydrogens (tertiary/aromatic N) is 2. The minimum Gasteiger partial charge on any atom is -0.359 e. The summed E-state index contributed by atoms with van der Waals surface area (Å²) in [6, 6.07) is 8.29. The number of rotatable bonds is 0. The number of hydrogen-bond donors (Lipinski definition) is 0. The molecule has 0 bridgehead atoms. The number of hydrogen-bond acceptors (Lipinski definition) is 2. The summed E-state index contributed by atoms with van der Waals surface area (Å²) in [7, 11) is 2.06. The highest BCUT2D eigenvalue weighted by Gasteiger charge is 2.50. The van der Waals surface area contributed by atoms with E-state index in [0.717, 1.165) is 5.69 Å². The molecular formula is C13H11N2O+. The van der Waals surface area contributed by atoms with Crippen LogP contribution < -0.4 is 4.57 Å². The van der Waals surface area contributed by atoms with Crippen molar-refractivity contribution < 1.29 is 9.30 Å². The summed E-state index contributed by atoms with van der Waals surface area (Å²) in [6.07, 6.45) is 4.39. The van der Waals surface area contributed by atoms with E-state index in [1.807, 2.05) is 12.3 Å². The highest BCUT2D eigenvalue weighted by molar-refractivity contribution is 5.66. The van der Waals surface area contributed by atoms with E-state index in [0.29, 0.717) is 0 Å². The average Bonchev–Trinajstić information content (AvgIpc) is 3.09. The molecule has 3 heterocycles. The van der Waals surface area contributed by atoms with E-state index in [9.17, 15) is 0 Å². The van der Waals surface area contributed by atoms with Crippen LogP contribution in [0.3, 0.4) is 0 Å². The molecule has 3 nitrogen and oxygen atoms in total. The third kappa shape index (κ3) is 0.913. The van der Waals surface area contributed by atoms with Gasteiger partial charge in [0.2, 0.25) is 5.69 Å². The van der Waals surface area contributed by atoms with Gasteiger partial charge in [0.25, 0.3) is 0 Å². The predicted octanol–water partition coefficient (Wildman–Crippen LogP) is 1.70. The summed E-state index contributed by atoms with van der Waals surface area (Å²) in [4.78, 5) is 4.50. The Morgan fingerprint density at radius 2 is 2.00 bits per heavy atom. The number of fused-ring (bicyclic) bond motifs is 6. The van der Waals surface area contributed by atoms with Crippen molar-refractivity contribution in [3.05, 3.63) is 47.8 Å². The molecule has 2 aromatic rings. The molecule has 78 valence electrons. The van der Waals surface area contributed by atoms with Crippen molar-refractivity contribution in [3.63, 3.8) is 0 Å². The second kappa shape index (κ2) is 2.68. The van der Waals surface area contributed by atoms with Crippen molar-refractivity contribution in [2.24, 2.45) is 7.05 Å². The topological polar surface area (TPSA) is 29.3 Å². The van der Waals surface area contributed by atoms with E-state index in [4.69, 9.17) is 4.74 Å². The lowest BCUT2D eigenvalue weighted by molar-refractivity contribution is -0.661. The fourth-order valence-electron chi connectivity index (χ4n) is 2.60. The molecule has 2 aromatic heterocycles. The van der Waals surface area contributed by atoms with E-state index < -0.39 is 0 Å². The molecule has 1 aliphatic heterocycles. The Morgan fingerprint density at radius 3 is 2.94 bits per heavy atom. The van der Waals surface area contributed by atoms with Gasteiger partial charge in [0.15, 0.2) is 6.20 Å². The van der Waals surface area contributed by atoms with Crippen LogP contribution in [0.15, 0.2) is 36.7 Å². The van der Waals surface area contributed by atoms with Crippen LogP contribution in [-0.2, 0) is 11.8 Å². The molecule has 0 spiro atoms. The maximum absolute atomic E-state index is 5.73. The zero-order chi connectivity index (χ0) is 10.7. The van der Waals surface area contributed by atoms with Crippen molar-refractivity contribution in [2.75, 3.05) is 0 Å². The van der Waals surface area contributed by atoms with Crippen molar-refractivity contribution in [1.82, 2.24) is 4.98 Å². The Morgan fingerprint density at radius 1 is 1.19 bits per heavy atom. The largest absolute Gasteiger partial charge is 0.359 e. The van der Waals surface area contributed by atoms with Gasteiger partial charge in [0, 0.05) is 17.8 Å². The van der Waals surface area contributed by atoms with Crippen LogP contribution >= 0.6 is 0 Å². The van der Waals surface area contributed by atoms with Gasteiger partial charge in [-0.3, -0.25) is 0 Å². The molecule has 0 N–H and O–H groups in total. The van der Waals surface area contributed by atoms with Crippen molar-refractivity contribution >= 4 is 0 Å². The van der Waals surface area contributed by atoms with E-state index >= 15 is 0 Å². The summed E-state index contributed by atoms with van der Waals surface area (Å²) in [5.41, 5.74) is 4.75. The number of aromatic nitrogens is 2. The van der Waals surface area contributed by atoms with Crippen LogP contribution in [0, 0.1) is 0 Å². The molecule has 2 atom stereocenters. The van der Waals surface area contributed by atoms with Gasteiger partial charge in [-0.2, -0.15) is 4.57 Å². The summed E-state index contributed by atoms with van der Waals surface area (Å²) in [5.74, 6) is 0. The first-order valence-electron chi connectivity index (χ1n) is 5.45. The summed E-state index contributed by atoms with van der Waals surface area (Å²) in [6.45, 7) is 0. The van der Waals surface area contributed by atoms with E-state index in [1.165, 1.54) is 16.8 Å². The molecule has 16 heavy (non-hydrogen) atoms. The van der Waals surface area contributed by atoms with Gasteiger partial charge in [-0.15, -0.1) is 0 Å². The number of ether oxygens (including phenoxy) is 1. The fourth-order valence-corrected chi connectivity index (χ4v) is 2.60. The van der Waals surface area contributed by atoms with Crippen LogP contribution in [0.5, 0.6) is 0 Å². The molecule has 1 fully saturated rings. The second-order valence-corrected chi connectivity index (χ2v) is 4.34. The third-order valence-electron chi connectivity index (χ3n) is 3.38. The Labute approximate surface area is 93.3 Å². The Balaban J connectivity index is 2.11. The standard InChI is InChI=1S/C13H11N2O/c1-15-7-3-5-9-11(15)10-8(4-2-6-14-10)12-13(9)16-12/h2-7,12-13H,1H3/q+1. The number of epoxide rings is 1. The predicted molar refractivity (Wildman–Crippen MR) is 57.4 cm³/mol. The first-order valence-corrected chi connectivity index (χ1v) is 5.45. The quantitative estimate of drug-likeness (QED) is 0.490. The van der Waals surface area contributed by atoms with Crippen molar-refractivity contribution in [3.8, 4) is 11.4 Å². The molecule has 4 rings (SSSR count). The monoisotopic (exact) mass is 211 g/mol. The first kappa shape index (κ1) is 8.42. The second-order valence-electron chi connectivity index (χ2n) is 4.34. The zero-order valence-corrected chi connectivity index (χ0v) is 8.92. The smallest absolute Gasteiger partial charge is 0.237 e. The van der Waals surface area contributed by atoms with Gasteiger partial charge in [-0.05, 0) is 12.1 Å². The van der Waals surface area contributed by atoms with Crippen LogP contribution in [0.4, 0.5) is 0 Å². The van der Waals surface area contributed by atoms with Crippen LogP contribution in [0.1, 0.15) is 23.3 Å². The summed E-state index contributed by atoms with van der Waals surface area (Å²) < 4.78 is 7.86. The third-order valence-corrected chi connectivity index (χ3v) is 3.38. The number of aryl methyl sites for hydroxylation is 1. The van der Waals surface area contributed by atoms with E-state index in [2.05, 4.69) is 41.0 Å². The van der Waals surface area contributed by atoms with E-state index in [-0.39, 0.29) is 12.2 Å². The van der Waals surface area contributed by atoms with Crippen LogP contribution in [0.25, 0.3) is 11.4 Å². The normalized spacial score (nSPS) is 24.3. The van der Waals surface area contributed by atoms with Gasteiger partial charge in [0.05, 0.1) is 5.56 Å². The van der Waals surface area contributed by atoms with Gasteiger partial charge >= 0.3 is 0 Å². The highest BCUT2D eigenvalue weighted by Crippen LogP contribution is 2.57. The minimum atomic E-state index is 0.235. The Kier molecular flexibility index (Phi) is 1.41. The molecule has 0 amide bonds. The lowest BCUT2D eigenvalue weighted by Crippen LogP contribution is -2.33. The van der Waals surface area contributed by atoms with Gasteiger partial charge in [-0.25, -0.2) is 4.98 Å². The van der Waals surface area contributed by atoms with Crippen molar-refractivity contribution in [1.29, 1.82) is 0 Å². The maximum atomic E-state index is 5.73. The number of pyridine rings is 2. The molecule has 1 saturated heterocycles. The lowest BCUT2D eigenvalue weighted by atomic mass is 9.92. The van der Waals surface area contributed by atoms with Crippen molar-refractivity contribution in [2.45, 2.75) is 12.2 Å². The molecule has 0 aromatic carbocycles. The maximum Gasteiger partial charge on any atom is 0.237 e. The van der Waals surface area contributed by atoms with Gasteiger partial charge in [-0.1, -0.05) is 6.07 Å². The molecule has 0 saturated carbocycles.